The van der Waals surface area contributed by atoms with Crippen molar-refractivity contribution in [1.82, 2.24) is 15.2 Å². The second-order valence-electron chi connectivity index (χ2n) is 6.62. The van der Waals surface area contributed by atoms with E-state index < -0.39 is 6.04 Å². The minimum absolute atomic E-state index is 0.173. The lowest BCUT2D eigenvalue weighted by Crippen LogP contribution is -2.55. The second kappa shape index (κ2) is 7.11. The molecule has 1 fully saturated rings. The Balaban J connectivity index is 1.52. The van der Waals surface area contributed by atoms with Crippen LogP contribution in [0.2, 0.25) is 0 Å². The maximum atomic E-state index is 12.9. The van der Waals surface area contributed by atoms with Crippen LogP contribution in [0.15, 0.2) is 47.2 Å². The van der Waals surface area contributed by atoms with Gasteiger partial charge < -0.3 is 15.5 Å². The molecule has 1 aromatic carbocycles. The van der Waals surface area contributed by atoms with E-state index in [0.717, 1.165) is 4.47 Å². The Bertz CT molecular complexity index is 918. The molecule has 0 spiro atoms. The number of hydrogen-bond donors (Lipinski definition) is 2. The zero-order chi connectivity index (χ0) is 19.0. The highest BCUT2D eigenvalue weighted by atomic mass is 79.9. The molecule has 1 aromatic heterocycles. The lowest BCUT2D eigenvalue weighted by atomic mass is 9.96. The summed E-state index contributed by atoms with van der Waals surface area (Å²) < 4.78 is 0.779. The number of halogens is 1. The van der Waals surface area contributed by atoms with Crippen LogP contribution >= 0.6 is 15.9 Å². The molecule has 27 heavy (non-hydrogen) atoms. The van der Waals surface area contributed by atoms with Crippen LogP contribution in [0.4, 0.5) is 5.69 Å². The molecule has 2 atom stereocenters. The number of nitrogens with zero attached hydrogens (tertiary/aromatic N) is 2. The van der Waals surface area contributed by atoms with E-state index in [2.05, 4.69) is 31.5 Å². The number of nitrogens with one attached hydrogen (secondary N) is 2. The number of piperidine rings is 1. The predicted molar refractivity (Wildman–Crippen MR) is 102 cm³/mol. The van der Waals surface area contributed by atoms with Gasteiger partial charge in [-0.2, -0.15) is 0 Å². The molecule has 138 valence electrons. The first-order chi connectivity index (χ1) is 13.0. The minimum Gasteiger partial charge on any atom is -0.349 e. The third kappa shape index (κ3) is 3.44. The molecule has 7 nitrogen and oxygen atoms in total. The SMILES string of the molecule is O=C(N[C@H]1CCN2C(=O)c3cc(Br)ccc3NC(=O)[C@@H]2C1)c1ccncc1. The first kappa shape index (κ1) is 17.7. The standard InChI is InChI=1S/C19H17BrN4O3/c20-12-1-2-15-14(9-12)19(27)24-8-5-13(10-16(24)18(26)23-15)22-17(25)11-3-6-21-7-4-11/h1-4,6-7,9,13,16H,5,8,10H2,(H,22,25)(H,23,26)/t13-,16-/m0/s1. The first-order valence-electron chi connectivity index (χ1n) is 8.65. The molecule has 3 amide bonds. The van der Waals surface area contributed by atoms with Crippen LogP contribution in [0.3, 0.4) is 0 Å². The van der Waals surface area contributed by atoms with Gasteiger partial charge in [0.2, 0.25) is 5.91 Å². The summed E-state index contributed by atoms with van der Waals surface area (Å²) in [6, 6.07) is 7.71. The number of benzene rings is 1. The van der Waals surface area contributed by atoms with Crippen LogP contribution in [0.25, 0.3) is 0 Å². The topological polar surface area (TPSA) is 91.4 Å². The molecule has 0 unspecified atom stereocenters. The average molecular weight is 429 g/mol. The molecule has 2 aliphatic rings. The second-order valence-corrected chi connectivity index (χ2v) is 7.54. The van der Waals surface area contributed by atoms with Crippen LogP contribution in [0.1, 0.15) is 33.6 Å². The number of hydrogen-bond acceptors (Lipinski definition) is 4. The van der Waals surface area contributed by atoms with Crippen LogP contribution < -0.4 is 10.6 Å². The van der Waals surface area contributed by atoms with E-state index in [-0.39, 0.29) is 23.8 Å². The zero-order valence-corrected chi connectivity index (χ0v) is 15.9. The Labute approximate surface area is 164 Å². The van der Waals surface area contributed by atoms with E-state index in [1.165, 1.54) is 0 Å². The summed E-state index contributed by atoms with van der Waals surface area (Å²) in [6.45, 7) is 0.407. The normalized spacial score (nSPS) is 21.6. The van der Waals surface area contributed by atoms with Gasteiger partial charge in [-0.15, -0.1) is 0 Å². The summed E-state index contributed by atoms with van der Waals surface area (Å²) in [6.07, 6.45) is 4.09. The van der Waals surface area contributed by atoms with E-state index in [1.807, 2.05) is 0 Å². The average Bonchev–Trinajstić information content (AvgIpc) is 2.78. The molecule has 2 aromatic rings. The predicted octanol–water partition coefficient (Wildman–Crippen LogP) is 2.20. The van der Waals surface area contributed by atoms with E-state index in [1.54, 1.807) is 47.6 Å². The Kier molecular flexibility index (Phi) is 4.65. The number of carbonyl (C=O) groups is 3. The summed E-state index contributed by atoms with van der Waals surface area (Å²) in [7, 11) is 0. The van der Waals surface area contributed by atoms with Crippen LogP contribution in [-0.2, 0) is 4.79 Å². The summed E-state index contributed by atoms with van der Waals surface area (Å²) in [5, 5.41) is 5.80. The van der Waals surface area contributed by atoms with Gasteiger partial charge in [-0.05, 0) is 43.2 Å². The molecular weight excluding hydrogens is 412 g/mol. The van der Waals surface area contributed by atoms with Gasteiger partial charge in [-0.3, -0.25) is 19.4 Å². The first-order valence-corrected chi connectivity index (χ1v) is 9.44. The molecule has 0 radical (unpaired) electrons. The van der Waals surface area contributed by atoms with Gasteiger partial charge in [0.1, 0.15) is 6.04 Å². The van der Waals surface area contributed by atoms with Crippen molar-refractivity contribution in [2.75, 3.05) is 11.9 Å². The van der Waals surface area contributed by atoms with Gasteiger partial charge in [-0.1, -0.05) is 15.9 Å². The van der Waals surface area contributed by atoms with Crippen molar-refractivity contribution in [1.29, 1.82) is 0 Å². The highest BCUT2D eigenvalue weighted by Crippen LogP contribution is 2.30. The molecular formula is C19H17BrN4O3. The molecule has 0 aliphatic carbocycles. The third-order valence-electron chi connectivity index (χ3n) is 4.91. The van der Waals surface area contributed by atoms with Crippen molar-refractivity contribution < 1.29 is 14.4 Å². The van der Waals surface area contributed by atoms with Crippen molar-refractivity contribution in [3.8, 4) is 0 Å². The maximum absolute atomic E-state index is 12.9. The van der Waals surface area contributed by atoms with Gasteiger partial charge in [-0.25, -0.2) is 0 Å². The summed E-state index contributed by atoms with van der Waals surface area (Å²) in [4.78, 5) is 43.5. The van der Waals surface area contributed by atoms with Gasteiger partial charge >= 0.3 is 0 Å². The van der Waals surface area contributed by atoms with Crippen molar-refractivity contribution in [3.05, 3.63) is 58.3 Å². The minimum atomic E-state index is -0.611. The molecule has 4 rings (SSSR count). The number of carbonyl (C=O) groups excluding carboxylic acids is 3. The van der Waals surface area contributed by atoms with Crippen molar-refractivity contribution >= 4 is 39.3 Å². The van der Waals surface area contributed by atoms with Gasteiger partial charge in [0.25, 0.3) is 11.8 Å². The Morgan fingerprint density at radius 1 is 1.22 bits per heavy atom. The molecule has 3 heterocycles. The fourth-order valence-corrected chi connectivity index (χ4v) is 3.89. The van der Waals surface area contributed by atoms with Crippen molar-refractivity contribution in [3.63, 3.8) is 0 Å². The number of fused-ring (bicyclic) bond motifs is 2. The molecule has 1 saturated heterocycles. The monoisotopic (exact) mass is 428 g/mol. The lowest BCUT2D eigenvalue weighted by Gasteiger charge is -2.37. The Hall–Kier alpha value is -2.74. The summed E-state index contributed by atoms with van der Waals surface area (Å²) in [5.41, 5.74) is 1.51. The maximum Gasteiger partial charge on any atom is 0.256 e. The molecule has 0 saturated carbocycles. The van der Waals surface area contributed by atoms with E-state index >= 15 is 0 Å². The number of pyridine rings is 1. The number of rotatable bonds is 2. The third-order valence-corrected chi connectivity index (χ3v) is 5.41. The quantitative estimate of drug-likeness (QED) is 0.766. The molecule has 2 N–H and O–H groups in total. The highest BCUT2D eigenvalue weighted by molar-refractivity contribution is 9.10. The molecule has 2 aliphatic heterocycles. The smallest absolute Gasteiger partial charge is 0.256 e. The van der Waals surface area contributed by atoms with Crippen molar-refractivity contribution in [2.24, 2.45) is 0 Å². The van der Waals surface area contributed by atoms with Gasteiger partial charge in [0.05, 0.1) is 11.3 Å². The fraction of sp³-hybridized carbons (Fsp3) is 0.263. The molecule has 8 heteroatoms. The zero-order valence-electron chi connectivity index (χ0n) is 14.3. The van der Waals surface area contributed by atoms with E-state index in [0.29, 0.717) is 36.2 Å². The van der Waals surface area contributed by atoms with Crippen LogP contribution in [-0.4, -0.2) is 46.2 Å². The van der Waals surface area contributed by atoms with Crippen LogP contribution in [0.5, 0.6) is 0 Å². The number of anilines is 1. The van der Waals surface area contributed by atoms with Crippen molar-refractivity contribution in [2.45, 2.75) is 24.9 Å². The number of aromatic nitrogens is 1. The van der Waals surface area contributed by atoms with Gasteiger partial charge in [0, 0.05) is 35.0 Å². The number of amides is 3. The molecule has 0 bridgehead atoms. The van der Waals surface area contributed by atoms with E-state index in [9.17, 15) is 14.4 Å². The summed E-state index contributed by atoms with van der Waals surface area (Å²) >= 11 is 3.37. The van der Waals surface area contributed by atoms with Crippen LogP contribution in [0, 0.1) is 0 Å². The Morgan fingerprint density at radius 2 is 2.00 bits per heavy atom. The lowest BCUT2D eigenvalue weighted by molar-refractivity contribution is -0.121. The fourth-order valence-electron chi connectivity index (χ4n) is 3.53. The summed E-state index contributed by atoms with van der Waals surface area (Å²) in [5.74, 6) is -0.607. The Morgan fingerprint density at radius 3 is 2.78 bits per heavy atom. The van der Waals surface area contributed by atoms with E-state index in [4.69, 9.17) is 0 Å². The highest BCUT2D eigenvalue weighted by Gasteiger charge is 2.40. The largest absolute Gasteiger partial charge is 0.349 e. The van der Waals surface area contributed by atoms with Gasteiger partial charge in [0.15, 0.2) is 0 Å².